The van der Waals surface area contributed by atoms with Gasteiger partial charge in [-0.15, -0.1) is 0 Å². The lowest BCUT2D eigenvalue weighted by Crippen LogP contribution is -2.45. The molecule has 0 amide bonds. The van der Waals surface area contributed by atoms with Crippen LogP contribution in [0.1, 0.15) is 38.3 Å². The average molecular weight is 306 g/mol. The van der Waals surface area contributed by atoms with E-state index in [0.717, 1.165) is 44.1 Å². The summed E-state index contributed by atoms with van der Waals surface area (Å²) in [6.45, 7) is 8.87. The molecule has 1 aromatic rings. The summed E-state index contributed by atoms with van der Waals surface area (Å²) in [6.07, 6.45) is 2.37. The van der Waals surface area contributed by atoms with Crippen LogP contribution in [0.3, 0.4) is 0 Å². The monoisotopic (exact) mass is 306 g/mol. The number of nitrogens with one attached hydrogen (secondary N) is 1. The van der Waals surface area contributed by atoms with Crippen molar-refractivity contribution in [1.29, 1.82) is 0 Å². The SMILES string of the molecule is COc1ccc(OC)c([C@@H](CCC(C)C)N2CCNCC2)c1. The highest BCUT2D eigenvalue weighted by Crippen LogP contribution is 2.36. The van der Waals surface area contributed by atoms with Gasteiger partial charge in [0.25, 0.3) is 0 Å². The summed E-state index contributed by atoms with van der Waals surface area (Å²) < 4.78 is 11.1. The first-order valence-corrected chi connectivity index (χ1v) is 8.32. The van der Waals surface area contributed by atoms with Crippen LogP contribution in [0.2, 0.25) is 0 Å². The van der Waals surface area contributed by atoms with Gasteiger partial charge >= 0.3 is 0 Å². The van der Waals surface area contributed by atoms with E-state index in [-0.39, 0.29) is 0 Å². The first kappa shape index (κ1) is 17.1. The van der Waals surface area contributed by atoms with Gasteiger partial charge in [0.05, 0.1) is 14.2 Å². The van der Waals surface area contributed by atoms with Gasteiger partial charge in [0.1, 0.15) is 11.5 Å². The lowest BCUT2D eigenvalue weighted by Gasteiger charge is -2.36. The molecule has 1 fully saturated rings. The van der Waals surface area contributed by atoms with Crippen molar-refractivity contribution >= 4 is 0 Å². The molecule has 0 unspecified atom stereocenters. The molecule has 1 N–H and O–H groups in total. The van der Waals surface area contributed by atoms with Crippen LogP contribution >= 0.6 is 0 Å². The molecule has 124 valence electrons. The number of benzene rings is 1. The molecular weight excluding hydrogens is 276 g/mol. The van der Waals surface area contributed by atoms with Gasteiger partial charge in [-0.05, 0) is 37.0 Å². The maximum Gasteiger partial charge on any atom is 0.123 e. The van der Waals surface area contributed by atoms with Crippen LogP contribution in [0.15, 0.2) is 18.2 Å². The van der Waals surface area contributed by atoms with Gasteiger partial charge in [0.2, 0.25) is 0 Å². The van der Waals surface area contributed by atoms with E-state index in [9.17, 15) is 0 Å². The Kier molecular flexibility index (Phi) is 6.52. The normalized spacial score (nSPS) is 17.5. The molecule has 0 saturated carbocycles. The molecule has 0 spiro atoms. The highest BCUT2D eigenvalue weighted by molar-refractivity contribution is 5.42. The van der Waals surface area contributed by atoms with E-state index in [1.807, 2.05) is 12.1 Å². The van der Waals surface area contributed by atoms with E-state index in [0.29, 0.717) is 12.0 Å². The van der Waals surface area contributed by atoms with E-state index in [1.54, 1.807) is 14.2 Å². The van der Waals surface area contributed by atoms with Crippen LogP contribution in [0.25, 0.3) is 0 Å². The predicted octanol–water partition coefficient (Wildman–Crippen LogP) is 3.09. The predicted molar refractivity (Wildman–Crippen MR) is 90.8 cm³/mol. The molecule has 1 atom stereocenters. The lowest BCUT2D eigenvalue weighted by molar-refractivity contribution is 0.157. The second-order valence-corrected chi connectivity index (χ2v) is 6.38. The van der Waals surface area contributed by atoms with Crippen molar-refractivity contribution in [3.63, 3.8) is 0 Å². The van der Waals surface area contributed by atoms with Crippen LogP contribution in [0.4, 0.5) is 0 Å². The minimum atomic E-state index is 0.398. The Morgan fingerprint density at radius 1 is 1.09 bits per heavy atom. The summed E-state index contributed by atoms with van der Waals surface area (Å²) in [5, 5.41) is 3.44. The van der Waals surface area contributed by atoms with Crippen molar-refractivity contribution in [3.8, 4) is 11.5 Å². The van der Waals surface area contributed by atoms with Crippen molar-refractivity contribution in [3.05, 3.63) is 23.8 Å². The molecule has 4 heteroatoms. The van der Waals surface area contributed by atoms with E-state index in [1.165, 1.54) is 12.0 Å². The molecule has 4 nitrogen and oxygen atoms in total. The first-order chi connectivity index (χ1) is 10.7. The van der Waals surface area contributed by atoms with Crippen molar-refractivity contribution in [2.75, 3.05) is 40.4 Å². The maximum atomic E-state index is 5.63. The smallest absolute Gasteiger partial charge is 0.123 e. The summed E-state index contributed by atoms with van der Waals surface area (Å²) in [5.41, 5.74) is 1.25. The maximum absolute atomic E-state index is 5.63. The Morgan fingerprint density at radius 3 is 2.41 bits per heavy atom. The Hall–Kier alpha value is -1.26. The number of nitrogens with zero attached hydrogens (tertiary/aromatic N) is 1. The summed E-state index contributed by atoms with van der Waals surface area (Å²) >= 11 is 0. The molecule has 0 aliphatic carbocycles. The topological polar surface area (TPSA) is 33.7 Å². The lowest BCUT2D eigenvalue weighted by atomic mass is 9.95. The number of ether oxygens (including phenoxy) is 2. The molecular formula is C18H30N2O2. The number of piperazine rings is 1. The van der Waals surface area contributed by atoms with E-state index in [4.69, 9.17) is 9.47 Å². The minimum absolute atomic E-state index is 0.398. The molecule has 1 heterocycles. The first-order valence-electron chi connectivity index (χ1n) is 8.32. The third-order valence-electron chi connectivity index (χ3n) is 4.41. The van der Waals surface area contributed by atoms with Crippen LogP contribution in [0.5, 0.6) is 11.5 Å². The Balaban J connectivity index is 2.29. The molecule has 22 heavy (non-hydrogen) atoms. The van der Waals surface area contributed by atoms with Crippen molar-refractivity contribution in [2.45, 2.75) is 32.7 Å². The molecule has 1 saturated heterocycles. The largest absolute Gasteiger partial charge is 0.497 e. The zero-order valence-corrected chi connectivity index (χ0v) is 14.4. The summed E-state index contributed by atoms with van der Waals surface area (Å²) in [7, 11) is 3.47. The average Bonchev–Trinajstić information content (AvgIpc) is 2.55. The van der Waals surface area contributed by atoms with Gasteiger partial charge in [-0.3, -0.25) is 4.90 Å². The fourth-order valence-electron chi connectivity index (χ4n) is 3.12. The zero-order valence-electron chi connectivity index (χ0n) is 14.4. The summed E-state index contributed by atoms with van der Waals surface area (Å²) in [5.74, 6) is 2.58. The second kappa shape index (κ2) is 8.39. The molecule has 2 rings (SSSR count). The molecule has 0 radical (unpaired) electrons. The van der Waals surface area contributed by atoms with Gasteiger partial charge in [-0.25, -0.2) is 0 Å². The highest BCUT2D eigenvalue weighted by atomic mass is 16.5. The Bertz CT molecular complexity index is 456. The van der Waals surface area contributed by atoms with Crippen LogP contribution in [-0.2, 0) is 0 Å². The van der Waals surface area contributed by atoms with Crippen LogP contribution in [0, 0.1) is 5.92 Å². The molecule has 1 aromatic carbocycles. The minimum Gasteiger partial charge on any atom is -0.497 e. The van der Waals surface area contributed by atoms with Gasteiger partial charge in [0, 0.05) is 37.8 Å². The Morgan fingerprint density at radius 2 is 1.82 bits per heavy atom. The number of rotatable bonds is 7. The van der Waals surface area contributed by atoms with Crippen LogP contribution < -0.4 is 14.8 Å². The standard InChI is InChI=1S/C18H30N2O2/c1-14(2)5-7-17(20-11-9-19-10-12-20)16-13-15(21-3)6-8-18(16)22-4/h6,8,13-14,17,19H,5,7,9-12H2,1-4H3/t17-/m1/s1. The molecule has 0 bridgehead atoms. The van der Waals surface area contributed by atoms with E-state index >= 15 is 0 Å². The van der Waals surface area contributed by atoms with E-state index in [2.05, 4.69) is 30.1 Å². The highest BCUT2D eigenvalue weighted by Gasteiger charge is 2.25. The van der Waals surface area contributed by atoms with Crippen molar-refractivity contribution in [1.82, 2.24) is 10.2 Å². The number of hydrogen-bond donors (Lipinski definition) is 1. The van der Waals surface area contributed by atoms with Gasteiger partial charge in [-0.1, -0.05) is 13.8 Å². The Labute approximate surface area is 134 Å². The van der Waals surface area contributed by atoms with Gasteiger partial charge in [-0.2, -0.15) is 0 Å². The molecule has 0 aromatic heterocycles. The number of methoxy groups -OCH3 is 2. The molecule has 1 aliphatic rings. The third kappa shape index (κ3) is 4.37. The third-order valence-corrected chi connectivity index (χ3v) is 4.41. The fraction of sp³-hybridized carbons (Fsp3) is 0.667. The summed E-state index contributed by atoms with van der Waals surface area (Å²) in [4.78, 5) is 2.58. The fourth-order valence-corrected chi connectivity index (χ4v) is 3.12. The van der Waals surface area contributed by atoms with E-state index < -0.39 is 0 Å². The van der Waals surface area contributed by atoms with Crippen molar-refractivity contribution in [2.24, 2.45) is 5.92 Å². The molecule has 1 aliphatic heterocycles. The quantitative estimate of drug-likeness (QED) is 0.839. The number of hydrogen-bond acceptors (Lipinski definition) is 4. The van der Waals surface area contributed by atoms with Crippen molar-refractivity contribution < 1.29 is 9.47 Å². The van der Waals surface area contributed by atoms with Crippen LogP contribution in [-0.4, -0.2) is 45.3 Å². The second-order valence-electron chi connectivity index (χ2n) is 6.38. The zero-order chi connectivity index (χ0) is 15.9. The van der Waals surface area contributed by atoms with Gasteiger partial charge in [0.15, 0.2) is 0 Å². The van der Waals surface area contributed by atoms with Gasteiger partial charge < -0.3 is 14.8 Å². The summed E-state index contributed by atoms with van der Waals surface area (Å²) in [6, 6.07) is 6.54.